The summed E-state index contributed by atoms with van der Waals surface area (Å²) in [4.78, 5) is 2.32. The van der Waals surface area contributed by atoms with Crippen molar-refractivity contribution in [3.05, 3.63) is 48.1 Å². The molecular weight excluding hydrogens is 542 g/mol. The predicted molar refractivity (Wildman–Crippen MR) is 209 cm³/mol. The number of nitrogens with zero attached hydrogens (tertiary/aromatic N) is 1. The minimum atomic E-state index is 1.12. The first kappa shape index (κ1) is 43.9. The molecule has 0 bridgehead atoms. The lowest BCUT2D eigenvalue weighted by molar-refractivity contribution is 0.395. The maximum absolute atomic E-state index is 2.64. The summed E-state index contributed by atoms with van der Waals surface area (Å²) in [6, 6.07) is 0. The Hall–Kier alpha value is -1.08. The van der Waals surface area contributed by atoms with Crippen LogP contribution in [0.4, 0.5) is 0 Å². The highest BCUT2D eigenvalue weighted by Gasteiger charge is 2.01. The van der Waals surface area contributed by atoms with Gasteiger partial charge in [-0.15, -0.1) is 0 Å². The summed E-state index contributed by atoms with van der Waals surface area (Å²) in [5.41, 5.74) is 1.78. The minimum Gasteiger partial charge on any atom is -0.309 e. The third kappa shape index (κ3) is 39.0. The first-order valence-electron chi connectivity index (χ1n) is 20.5. The zero-order valence-electron chi connectivity index (χ0n) is 31.6. The van der Waals surface area contributed by atoms with Gasteiger partial charge >= 0.3 is 0 Å². The second-order valence-corrected chi connectivity index (χ2v) is 14.2. The van der Waals surface area contributed by atoms with Crippen LogP contribution in [0.15, 0.2) is 48.1 Å². The number of allylic oxidation sites excluding steroid dienone is 8. The van der Waals surface area contributed by atoms with E-state index in [2.05, 4.69) is 75.4 Å². The van der Waals surface area contributed by atoms with Crippen LogP contribution in [0.3, 0.4) is 0 Å². The summed E-state index contributed by atoms with van der Waals surface area (Å²) in [6.07, 6.45) is 59.4. The molecule has 0 aliphatic carbocycles. The highest BCUT2D eigenvalue weighted by molar-refractivity contribution is 5.02. The average molecular weight is 626 g/mol. The normalized spacial score (nSPS) is 12.7. The van der Waals surface area contributed by atoms with Crippen LogP contribution in [0.2, 0.25) is 0 Å². The van der Waals surface area contributed by atoms with Crippen LogP contribution in [-0.2, 0) is 0 Å². The minimum absolute atomic E-state index is 1.12. The maximum Gasteiger partial charge on any atom is -0.00247 e. The van der Waals surface area contributed by atoms with Crippen LogP contribution in [0.5, 0.6) is 0 Å². The van der Waals surface area contributed by atoms with E-state index in [0.29, 0.717) is 0 Å². The Morgan fingerprint density at radius 3 is 1.20 bits per heavy atom. The van der Waals surface area contributed by atoms with Crippen LogP contribution >= 0.6 is 0 Å². The van der Waals surface area contributed by atoms with Crippen LogP contribution in [0, 0.1) is 0 Å². The summed E-state index contributed by atoms with van der Waals surface area (Å²) in [6.45, 7) is 5.80. The van der Waals surface area contributed by atoms with Crippen molar-refractivity contribution in [2.75, 3.05) is 20.6 Å². The third-order valence-corrected chi connectivity index (χ3v) is 9.20. The lowest BCUT2D eigenvalue weighted by Crippen LogP contribution is -2.12. The van der Waals surface area contributed by atoms with Crippen LogP contribution < -0.4 is 0 Å². The van der Waals surface area contributed by atoms with Crippen LogP contribution in [0.1, 0.15) is 213 Å². The van der Waals surface area contributed by atoms with Crippen LogP contribution in [-0.4, -0.2) is 25.5 Å². The Bertz CT molecular complexity index is 666. The van der Waals surface area contributed by atoms with E-state index in [1.54, 1.807) is 5.57 Å². The van der Waals surface area contributed by atoms with Crippen molar-refractivity contribution >= 4 is 0 Å². The summed E-state index contributed by atoms with van der Waals surface area (Å²) < 4.78 is 0. The lowest BCUT2D eigenvalue weighted by Gasteiger charge is -2.10. The van der Waals surface area contributed by atoms with Gasteiger partial charge in [-0.2, -0.15) is 0 Å². The molecule has 45 heavy (non-hydrogen) atoms. The van der Waals surface area contributed by atoms with E-state index in [1.807, 2.05) is 0 Å². The second-order valence-electron chi connectivity index (χ2n) is 14.2. The smallest absolute Gasteiger partial charge is 0.00247 e. The maximum atomic E-state index is 2.64. The van der Waals surface area contributed by atoms with Crippen LogP contribution in [0.25, 0.3) is 0 Å². The molecule has 264 valence electrons. The molecule has 0 aromatic heterocycles. The molecule has 0 atom stereocenters. The lowest BCUT2D eigenvalue weighted by atomic mass is 9.98. The van der Waals surface area contributed by atoms with Gasteiger partial charge in [-0.3, -0.25) is 0 Å². The molecule has 0 aliphatic heterocycles. The number of rotatable bonds is 36. The van der Waals surface area contributed by atoms with Gasteiger partial charge in [-0.1, -0.05) is 158 Å². The molecule has 0 aromatic carbocycles. The fourth-order valence-electron chi connectivity index (χ4n) is 6.15. The quantitative estimate of drug-likeness (QED) is 0.0494. The van der Waals surface area contributed by atoms with E-state index in [4.69, 9.17) is 0 Å². The van der Waals surface area contributed by atoms with Gasteiger partial charge in [0.2, 0.25) is 0 Å². The molecule has 0 saturated carbocycles. The van der Waals surface area contributed by atoms with E-state index in [0.717, 1.165) is 6.42 Å². The molecule has 0 unspecified atom stereocenters. The Morgan fingerprint density at radius 2 is 0.733 bits per heavy atom. The van der Waals surface area contributed by atoms with Crippen molar-refractivity contribution < 1.29 is 0 Å². The van der Waals surface area contributed by atoms with Gasteiger partial charge in [-0.25, -0.2) is 0 Å². The Labute approximate surface area is 285 Å². The number of unbranched alkanes of at least 4 members (excludes halogenated alkanes) is 23. The fourth-order valence-corrected chi connectivity index (χ4v) is 6.15. The fraction of sp³-hybridized carbons (Fsp3) is 0.818. The molecule has 0 spiro atoms. The highest BCUT2D eigenvalue weighted by atomic mass is 15.0. The monoisotopic (exact) mass is 626 g/mol. The highest BCUT2D eigenvalue weighted by Crippen LogP contribution is 2.20. The van der Waals surface area contributed by atoms with Gasteiger partial charge in [0.15, 0.2) is 0 Å². The Balaban J connectivity index is 3.91. The molecule has 0 rings (SSSR count). The van der Waals surface area contributed by atoms with E-state index >= 15 is 0 Å². The summed E-state index contributed by atoms with van der Waals surface area (Å²) in [5.74, 6) is 0. The van der Waals surface area contributed by atoms with Gasteiger partial charge in [0.25, 0.3) is 0 Å². The molecule has 0 aliphatic rings. The SMILES string of the molecule is CCCCC/C=C\C/C=C\CCCCCCCC/C(=C\CCCCN(C)C)CCCCCCCC/C=C\CCCCCCCC. The molecule has 1 heteroatoms. The topological polar surface area (TPSA) is 3.24 Å². The van der Waals surface area contributed by atoms with E-state index in [9.17, 15) is 0 Å². The molecular formula is C44H83N. The van der Waals surface area contributed by atoms with Gasteiger partial charge in [0.05, 0.1) is 0 Å². The predicted octanol–water partition coefficient (Wildman–Crippen LogP) is 15.3. The molecule has 0 fully saturated rings. The number of hydrogen-bond acceptors (Lipinski definition) is 1. The van der Waals surface area contributed by atoms with Crippen molar-refractivity contribution in [1.29, 1.82) is 0 Å². The molecule has 1 nitrogen and oxygen atoms in total. The third-order valence-electron chi connectivity index (χ3n) is 9.20. The van der Waals surface area contributed by atoms with Gasteiger partial charge in [0, 0.05) is 0 Å². The Morgan fingerprint density at radius 1 is 0.378 bits per heavy atom. The second kappa shape index (κ2) is 39.1. The average Bonchev–Trinajstić information content (AvgIpc) is 3.03. The molecule has 0 heterocycles. The van der Waals surface area contributed by atoms with Crippen molar-refractivity contribution in [2.24, 2.45) is 0 Å². The molecule has 0 N–H and O–H groups in total. The summed E-state index contributed by atoms with van der Waals surface area (Å²) >= 11 is 0. The van der Waals surface area contributed by atoms with Gasteiger partial charge in [-0.05, 0) is 123 Å². The van der Waals surface area contributed by atoms with E-state index in [1.165, 1.54) is 199 Å². The van der Waals surface area contributed by atoms with Crippen molar-refractivity contribution in [3.63, 3.8) is 0 Å². The first-order valence-corrected chi connectivity index (χ1v) is 20.5. The largest absolute Gasteiger partial charge is 0.309 e. The van der Waals surface area contributed by atoms with Gasteiger partial charge in [0.1, 0.15) is 0 Å². The van der Waals surface area contributed by atoms with Gasteiger partial charge < -0.3 is 4.90 Å². The summed E-state index contributed by atoms with van der Waals surface area (Å²) in [7, 11) is 4.39. The van der Waals surface area contributed by atoms with Crippen molar-refractivity contribution in [2.45, 2.75) is 213 Å². The molecule has 0 amide bonds. The van der Waals surface area contributed by atoms with E-state index < -0.39 is 0 Å². The summed E-state index contributed by atoms with van der Waals surface area (Å²) in [5, 5.41) is 0. The molecule has 0 aromatic rings. The number of hydrogen-bond donors (Lipinski definition) is 0. The Kier molecular flexibility index (Phi) is 38.2. The molecule has 0 radical (unpaired) electrons. The standard InChI is InChI=1S/C44H83N/c1-5-7-9-11-13-15-17-19-21-23-25-27-29-31-33-36-40-44(42-38-35-39-43-45(3)4)41-37-34-32-30-28-26-24-22-20-18-16-14-12-10-8-6-2/h13,15,19-22,42H,5-12,14,16-18,23-41,43H2,1-4H3/b15-13-,21-19-,22-20-,44-42+. The first-order chi connectivity index (χ1) is 22.2. The van der Waals surface area contributed by atoms with E-state index in [-0.39, 0.29) is 0 Å². The zero-order valence-corrected chi connectivity index (χ0v) is 31.6. The molecule has 0 saturated heterocycles. The van der Waals surface area contributed by atoms with Crippen molar-refractivity contribution in [1.82, 2.24) is 4.90 Å². The zero-order chi connectivity index (χ0) is 32.7. The van der Waals surface area contributed by atoms with Crippen molar-refractivity contribution in [3.8, 4) is 0 Å².